The number of carbonyl (C=O) groups is 1. The molecule has 0 bridgehead atoms. The van der Waals surface area contributed by atoms with Crippen molar-refractivity contribution in [1.82, 2.24) is 19.8 Å². The Bertz CT molecular complexity index is 853. The van der Waals surface area contributed by atoms with Crippen LogP contribution in [0.5, 0.6) is 5.75 Å². The van der Waals surface area contributed by atoms with Crippen LogP contribution in [0.25, 0.3) is 0 Å². The lowest BCUT2D eigenvalue weighted by atomic mass is 9.71. The Balaban J connectivity index is 1.28. The number of carbonyl (C=O) groups excluding carboxylic acids is 1. The zero-order valence-electron chi connectivity index (χ0n) is 18.8. The summed E-state index contributed by atoms with van der Waals surface area (Å²) in [6.45, 7) is 9.95. The number of para-hydroxylation sites is 1. The second-order valence-electron chi connectivity index (χ2n) is 9.51. The number of aromatic nitrogens is 2. The van der Waals surface area contributed by atoms with Gasteiger partial charge in [-0.1, -0.05) is 32.0 Å². The number of likely N-dealkylation sites (tertiary alicyclic amines) is 2. The average Bonchev–Trinajstić information content (AvgIpc) is 2.81. The lowest BCUT2D eigenvalue weighted by Gasteiger charge is -2.47. The van der Waals surface area contributed by atoms with E-state index in [1.807, 2.05) is 4.90 Å². The Kier molecular flexibility index (Phi) is 6.86. The van der Waals surface area contributed by atoms with Gasteiger partial charge < -0.3 is 9.64 Å². The molecule has 0 radical (unpaired) electrons. The van der Waals surface area contributed by atoms with Crippen LogP contribution in [0.4, 0.5) is 0 Å². The largest absolute Gasteiger partial charge is 0.493 e. The van der Waals surface area contributed by atoms with Crippen LogP contribution in [0.3, 0.4) is 0 Å². The normalized spacial score (nSPS) is 19.0. The standard InChI is InChI=1S/C25H34N4O2/c1-20(2)18-31-23-6-4-3-5-21(23)17-28-11-7-25(8-12-28)9-13-29(14-10-25)24(30)22-15-26-19-27-16-22/h3-6,15-16,19-20H,7-14,17-18H2,1-2H3. The first kappa shape index (κ1) is 21.8. The second-order valence-corrected chi connectivity index (χ2v) is 9.51. The van der Waals surface area contributed by atoms with E-state index in [1.54, 1.807) is 12.4 Å². The highest BCUT2D eigenvalue weighted by Gasteiger charge is 2.38. The third-order valence-corrected chi connectivity index (χ3v) is 6.77. The molecule has 2 fully saturated rings. The van der Waals surface area contributed by atoms with Crippen molar-refractivity contribution in [2.45, 2.75) is 46.1 Å². The number of hydrogen-bond acceptors (Lipinski definition) is 5. The molecule has 0 saturated carbocycles. The molecule has 6 nitrogen and oxygen atoms in total. The van der Waals surface area contributed by atoms with Gasteiger partial charge in [-0.25, -0.2) is 9.97 Å². The number of rotatable bonds is 6. The molecular weight excluding hydrogens is 388 g/mol. The van der Waals surface area contributed by atoms with Crippen LogP contribution >= 0.6 is 0 Å². The van der Waals surface area contributed by atoms with Crippen molar-refractivity contribution >= 4 is 5.91 Å². The minimum absolute atomic E-state index is 0.0610. The van der Waals surface area contributed by atoms with Crippen LogP contribution in [0.15, 0.2) is 43.0 Å². The first-order valence-electron chi connectivity index (χ1n) is 11.5. The topological polar surface area (TPSA) is 58.6 Å². The Morgan fingerprint density at radius 3 is 2.35 bits per heavy atom. The molecule has 2 saturated heterocycles. The van der Waals surface area contributed by atoms with E-state index in [0.29, 0.717) is 16.9 Å². The fourth-order valence-corrected chi connectivity index (χ4v) is 4.73. The van der Waals surface area contributed by atoms with E-state index in [-0.39, 0.29) is 5.91 Å². The molecule has 6 heteroatoms. The Hall–Kier alpha value is -2.47. The van der Waals surface area contributed by atoms with Gasteiger partial charge in [-0.05, 0) is 56.2 Å². The Labute approximate surface area is 185 Å². The number of amides is 1. The highest BCUT2D eigenvalue weighted by molar-refractivity contribution is 5.93. The maximum Gasteiger partial charge on any atom is 0.256 e. The molecule has 0 unspecified atom stereocenters. The molecule has 4 rings (SSSR count). The molecule has 1 spiro atoms. The van der Waals surface area contributed by atoms with Crippen LogP contribution in [0, 0.1) is 11.3 Å². The summed E-state index contributed by atoms with van der Waals surface area (Å²) in [7, 11) is 0. The van der Waals surface area contributed by atoms with Gasteiger partial charge in [0.1, 0.15) is 12.1 Å². The summed E-state index contributed by atoms with van der Waals surface area (Å²) >= 11 is 0. The van der Waals surface area contributed by atoms with Crippen molar-refractivity contribution in [1.29, 1.82) is 0 Å². The molecule has 1 aromatic heterocycles. The van der Waals surface area contributed by atoms with Crippen LogP contribution in [0.2, 0.25) is 0 Å². The zero-order chi connectivity index (χ0) is 21.7. The van der Waals surface area contributed by atoms with Gasteiger partial charge >= 0.3 is 0 Å². The van der Waals surface area contributed by atoms with Crippen molar-refractivity contribution in [3.05, 3.63) is 54.1 Å². The summed E-state index contributed by atoms with van der Waals surface area (Å²) in [5, 5.41) is 0. The summed E-state index contributed by atoms with van der Waals surface area (Å²) in [6, 6.07) is 8.44. The van der Waals surface area contributed by atoms with Crippen molar-refractivity contribution in [2.24, 2.45) is 11.3 Å². The molecule has 0 aliphatic carbocycles. The molecule has 2 aliphatic rings. The van der Waals surface area contributed by atoms with Gasteiger partial charge in [-0.15, -0.1) is 0 Å². The van der Waals surface area contributed by atoms with Crippen LogP contribution in [-0.4, -0.2) is 58.5 Å². The fourth-order valence-electron chi connectivity index (χ4n) is 4.73. The van der Waals surface area contributed by atoms with E-state index in [2.05, 4.69) is 53.0 Å². The maximum atomic E-state index is 12.7. The highest BCUT2D eigenvalue weighted by Crippen LogP contribution is 2.42. The van der Waals surface area contributed by atoms with Crippen LogP contribution < -0.4 is 4.74 Å². The van der Waals surface area contributed by atoms with Crippen LogP contribution in [0.1, 0.15) is 55.5 Å². The second kappa shape index (κ2) is 9.77. The van der Waals surface area contributed by atoms with Crippen molar-refractivity contribution in [3.8, 4) is 5.75 Å². The summed E-state index contributed by atoms with van der Waals surface area (Å²) in [6.07, 6.45) is 9.28. The van der Waals surface area contributed by atoms with Crippen molar-refractivity contribution < 1.29 is 9.53 Å². The third kappa shape index (κ3) is 5.42. The van der Waals surface area contributed by atoms with E-state index in [1.165, 1.54) is 24.7 Å². The third-order valence-electron chi connectivity index (χ3n) is 6.77. The summed E-state index contributed by atoms with van der Waals surface area (Å²) in [4.78, 5) is 25.2. The minimum atomic E-state index is 0.0610. The quantitative estimate of drug-likeness (QED) is 0.703. The molecular formula is C25H34N4O2. The van der Waals surface area contributed by atoms with E-state index in [4.69, 9.17) is 4.74 Å². The van der Waals surface area contributed by atoms with Gasteiger partial charge in [0.15, 0.2) is 0 Å². The number of ether oxygens (including phenoxy) is 1. The first-order chi connectivity index (χ1) is 15.0. The van der Waals surface area contributed by atoms with E-state index in [9.17, 15) is 4.79 Å². The van der Waals surface area contributed by atoms with Crippen molar-refractivity contribution in [3.63, 3.8) is 0 Å². The predicted molar refractivity (Wildman–Crippen MR) is 121 cm³/mol. The average molecular weight is 423 g/mol. The molecule has 166 valence electrons. The first-order valence-corrected chi connectivity index (χ1v) is 11.5. The molecule has 2 aromatic rings. The molecule has 0 N–H and O–H groups in total. The SMILES string of the molecule is CC(C)COc1ccccc1CN1CCC2(CC1)CCN(C(=O)c1cncnc1)CC2. The van der Waals surface area contributed by atoms with Gasteiger partial charge in [0, 0.05) is 37.6 Å². The Morgan fingerprint density at radius 2 is 1.68 bits per heavy atom. The molecule has 31 heavy (non-hydrogen) atoms. The van der Waals surface area contributed by atoms with Gasteiger partial charge in [0.2, 0.25) is 0 Å². The lowest BCUT2D eigenvalue weighted by Crippen LogP contribution is -2.48. The molecule has 1 aromatic carbocycles. The highest BCUT2D eigenvalue weighted by atomic mass is 16.5. The van der Waals surface area contributed by atoms with Gasteiger partial charge in [0.25, 0.3) is 5.91 Å². The van der Waals surface area contributed by atoms with Gasteiger partial charge in [-0.2, -0.15) is 0 Å². The van der Waals surface area contributed by atoms with E-state index in [0.717, 1.165) is 57.9 Å². The lowest BCUT2D eigenvalue weighted by molar-refractivity contribution is 0.0283. The van der Waals surface area contributed by atoms with E-state index < -0.39 is 0 Å². The Morgan fingerprint density at radius 1 is 1.03 bits per heavy atom. The predicted octanol–water partition coefficient (Wildman–Crippen LogP) is 4.03. The summed E-state index contributed by atoms with van der Waals surface area (Å²) < 4.78 is 6.05. The van der Waals surface area contributed by atoms with Crippen LogP contribution in [-0.2, 0) is 6.54 Å². The molecule has 0 atom stereocenters. The maximum absolute atomic E-state index is 12.7. The van der Waals surface area contributed by atoms with Crippen molar-refractivity contribution in [2.75, 3.05) is 32.8 Å². The molecule has 1 amide bonds. The fraction of sp³-hybridized carbons (Fsp3) is 0.560. The number of piperidine rings is 2. The number of hydrogen-bond donors (Lipinski definition) is 0. The van der Waals surface area contributed by atoms with E-state index >= 15 is 0 Å². The van der Waals surface area contributed by atoms with Gasteiger partial charge in [0.05, 0.1) is 12.2 Å². The zero-order valence-corrected chi connectivity index (χ0v) is 18.8. The number of nitrogens with zero attached hydrogens (tertiary/aromatic N) is 4. The molecule has 3 heterocycles. The van der Waals surface area contributed by atoms with Gasteiger partial charge in [-0.3, -0.25) is 9.69 Å². The minimum Gasteiger partial charge on any atom is -0.493 e. The molecule has 2 aliphatic heterocycles. The smallest absolute Gasteiger partial charge is 0.256 e. The summed E-state index contributed by atoms with van der Waals surface area (Å²) in [5.41, 5.74) is 2.25. The number of benzene rings is 1. The monoisotopic (exact) mass is 422 g/mol. The summed E-state index contributed by atoms with van der Waals surface area (Å²) in [5.74, 6) is 1.61.